The van der Waals surface area contributed by atoms with E-state index in [-0.39, 0.29) is 11.1 Å². The predicted molar refractivity (Wildman–Crippen MR) is 87.8 cm³/mol. The fraction of sp³-hybridized carbons (Fsp3) is 0.0625. The van der Waals surface area contributed by atoms with Crippen molar-refractivity contribution in [2.75, 3.05) is 0 Å². The van der Waals surface area contributed by atoms with E-state index in [9.17, 15) is 4.39 Å². The number of rotatable bonds is 2. The van der Waals surface area contributed by atoms with E-state index >= 15 is 0 Å². The summed E-state index contributed by atoms with van der Waals surface area (Å²) in [6.45, 7) is 0. The van der Waals surface area contributed by atoms with Crippen molar-refractivity contribution >= 4 is 34.2 Å². The van der Waals surface area contributed by atoms with Gasteiger partial charge in [-0.1, -0.05) is 47.6 Å². The largest absolute Gasteiger partial charge is 0.378 e. The Bertz CT molecular complexity index is 708. The van der Waals surface area contributed by atoms with Crippen molar-refractivity contribution in [2.45, 2.75) is 5.25 Å². The van der Waals surface area contributed by atoms with Gasteiger partial charge in [0.15, 0.2) is 5.17 Å². The lowest BCUT2D eigenvalue weighted by molar-refractivity contribution is 0.627. The van der Waals surface area contributed by atoms with Gasteiger partial charge in [0.2, 0.25) is 0 Å². The molecule has 3 rings (SSSR count). The topological polar surface area (TPSA) is 38.4 Å². The summed E-state index contributed by atoms with van der Waals surface area (Å²) in [6.07, 6.45) is 2.03. The molecule has 21 heavy (non-hydrogen) atoms. The number of hydrogen-bond donors (Lipinski definition) is 1. The molecule has 106 valence electrons. The average molecular weight is 319 g/mol. The molecular formula is C16H12ClFN2S. The number of amidine groups is 1. The van der Waals surface area contributed by atoms with E-state index in [0.717, 1.165) is 16.8 Å². The highest BCUT2D eigenvalue weighted by molar-refractivity contribution is 8.14. The maximum absolute atomic E-state index is 13.0. The predicted octanol–water partition coefficient (Wildman–Crippen LogP) is 4.62. The van der Waals surface area contributed by atoms with Crippen LogP contribution in [0.4, 0.5) is 4.39 Å². The Morgan fingerprint density at radius 2 is 1.71 bits per heavy atom. The quantitative estimate of drug-likeness (QED) is 0.877. The van der Waals surface area contributed by atoms with Gasteiger partial charge in [-0.05, 0) is 35.9 Å². The van der Waals surface area contributed by atoms with Crippen molar-refractivity contribution in [2.24, 2.45) is 10.7 Å². The van der Waals surface area contributed by atoms with Crippen molar-refractivity contribution < 1.29 is 4.39 Å². The molecule has 2 aromatic rings. The summed E-state index contributed by atoms with van der Waals surface area (Å²) in [4.78, 5) is 4.38. The molecule has 0 aliphatic carbocycles. The minimum atomic E-state index is -0.247. The molecule has 0 unspecified atom stereocenters. The van der Waals surface area contributed by atoms with Crippen LogP contribution in [-0.2, 0) is 0 Å². The third kappa shape index (κ3) is 3.28. The summed E-state index contributed by atoms with van der Waals surface area (Å²) in [5.74, 6) is -0.247. The molecule has 2 nitrogen and oxygen atoms in total. The fourth-order valence-electron chi connectivity index (χ4n) is 2.09. The number of nitrogens with two attached hydrogens (primary N) is 1. The van der Waals surface area contributed by atoms with Gasteiger partial charge < -0.3 is 5.73 Å². The van der Waals surface area contributed by atoms with Gasteiger partial charge in [-0.15, -0.1) is 0 Å². The first-order chi connectivity index (χ1) is 10.1. The summed E-state index contributed by atoms with van der Waals surface area (Å²) in [7, 11) is 0. The molecular weight excluding hydrogens is 307 g/mol. The highest BCUT2D eigenvalue weighted by Crippen LogP contribution is 2.37. The lowest BCUT2D eigenvalue weighted by Gasteiger charge is -2.19. The summed E-state index contributed by atoms with van der Waals surface area (Å²) < 4.78 is 13.0. The molecule has 0 saturated carbocycles. The van der Waals surface area contributed by atoms with Gasteiger partial charge in [-0.25, -0.2) is 9.38 Å². The van der Waals surface area contributed by atoms with Crippen LogP contribution in [0.15, 0.2) is 59.6 Å². The molecule has 0 amide bonds. The first-order valence-corrected chi connectivity index (χ1v) is 7.61. The SMILES string of the molecule is NC1=NC(c2ccc(Cl)cc2)=C[C@H](c2ccc(F)cc2)S1. The van der Waals surface area contributed by atoms with Gasteiger partial charge in [-0.3, -0.25) is 0 Å². The Morgan fingerprint density at radius 3 is 2.38 bits per heavy atom. The maximum Gasteiger partial charge on any atom is 0.160 e. The summed E-state index contributed by atoms with van der Waals surface area (Å²) in [6, 6.07) is 13.9. The zero-order valence-corrected chi connectivity index (χ0v) is 12.5. The van der Waals surface area contributed by atoms with E-state index in [1.807, 2.05) is 30.3 Å². The number of halogens is 2. The lowest BCUT2D eigenvalue weighted by Crippen LogP contribution is -2.12. The number of nitrogens with zero attached hydrogens (tertiary/aromatic N) is 1. The highest BCUT2D eigenvalue weighted by Gasteiger charge is 2.18. The highest BCUT2D eigenvalue weighted by atomic mass is 35.5. The van der Waals surface area contributed by atoms with E-state index in [2.05, 4.69) is 4.99 Å². The van der Waals surface area contributed by atoms with E-state index in [0.29, 0.717) is 10.2 Å². The molecule has 0 fully saturated rings. The molecule has 5 heteroatoms. The van der Waals surface area contributed by atoms with Crippen molar-refractivity contribution in [1.29, 1.82) is 0 Å². The van der Waals surface area contributed by atoms with Crippen LogP contribution < -0.4 is 5.73 Å². The van der Waals surface area contributed by atoms with E-state index < -0.39 is 0 Å². The van der Waals surface area contributed by atoms with Crippen LogP contribution in [0.2, 0.25) is 5.02 Å². The molecule has 1 aliphatic heterocycles. The van der Waals surface area contributed by atoms with Gasteiger partial charge in [0.25, 0.3) is 0 Å². The first-order valence-electron chi connectivity index (χ1n) is 6.36. The van der Waals surface area contributed by atoms with Crippen LogP contribution in [0.5, 0.6) is 0 Å². The van der Waals surface area contributed by atoms with Gasteiger partial charge in [0.05, 0.1) is 10.9 Å². The Balaban J connectivity index is 1.95. The third-order valence-electron chi connectivity index (χ3n) is 3.13. The van der Waals surface area contributed by atoms with Crippen molar-refractivity contribution in [3.63, 3.8) is 0 Å². The van der Waals surface area contributed by atoms with Crippen LogP contribution in [0.1, 0.15) is 16.4 Å². The second kappa shape index (κ2) is 5.92. The van der Waals surface area contributed by atoms with E-state index in [1.54, 1.807) is 12.1 Å². The van der Waals surface area contributed by atoms with E-state index in [4.69, 9.17) is 17.3 Å². The summed E-state index contributed by atoms with van der Waals surface area (Å²) >= 11 is 7.35. The zero-order valence-electron chi connectivity index (χ0n) is 11.0. The second-order valence-corrected chi connectivity index (χ2v) is 6.20. The number of hydrogen-bond acceptors (Lipinski definition) is 3. The molecule has 1 heterocycles. The minimum Gasteiger partial charge on any atom is -0.378 e. The molecule has 0 saturated heterocycles. The third-order valence-corrected chi connectivity index (χ3v) is 4.37. The van der Waals surface area contributed by atoms with Crippen molar-refractivity contribution in [3.8, 4) is 0 Å². The summed E-state index contributed by atoms with van der Waals surface area (Å²) in [5.41, 5.74) is 8.67. The smallest absolute Gasteiger partial charge is 0.160 e. The Kier molecular flexibility index (Phi) is 3.99. The average Bonchev–Trinajstić information content (AvgIpc) is 2.48. The Labute approximate surface area is 131 Å². The van der Waals surface area contributed by atoms with E-state index in [1.165, 1.54) is 23.9 Å². The maximum atomic E-state index is 13.0. The van der Waals surface area contributed by atoms with Crippen molar-refractivity contribution in [3.05, 3.63) is 76.6 Å². The fourth-order valence-corrected chi connectivity index (χ4v) is 3.12. The Morgan fingerprint density at radius 1 is 1.05 bits per heavy atom. The van der Waals surface area contributed by atoms with Crippen LogP contribution >= 0.6 is 23.4 Å². The van der Waals surface area contributed by atoms with Gasteiger partial charge in [-0.2, -0.15) is 0 Å². The van der Waals surface area contributed by atoms with Crippen LogP contribution in [0.3, 0.4) is 0 Å². The normalized spacial score (nSPS) is 18.1. The molecule has 1 aliphatic rings. The molecule has 2 aromatic carbocycles. The Hall–Kier alpha value is -1.78. The standard InChI is InChI=1S/C16H12ClFN2S/c17-12-5-1-10(2-6-12)14-9-15(21-16(19)20-14)11-3-7-13(18)8-4-11/h1-9,15H,(H2,19,20)/t15-/m1/s1. The lowest BCUT2D eigenvalue weighted by atomic mass is 10.1. The van der Waals surface area contributed by atoms with Crippen LogP contribution in [-0.4, -0.2) is 5.17 Å². The van der Waals surface area contributed by atoms with Gasteiger partial charge >= 0.3 is 0 Å². The van der Waals surface area contributed by atoms with Crippen LogP contribution in [0.25, 0.3) is 5.70 Å². The zero-order chi connectivity index (χ0) is 14.8. The second-order valence-electron chi connectivity index (χ2n) is 4.60. The molecule has 2 N–H and O–H groups in total. The van der Waals surface area contributed by atoms with Gasteiger partial charge in [0, 0.05) is 10.6 Å². The monoisotopic (exact) mass is 318 g/mol. The molecule has 1 atom stereocenters. The molecule has 0 bridgehead atoms. The number of thioether (sulfide) groups is 1. The van der Waals surface area contributed by atoms with Gasteiger partial charge in [0.1, 0.15) is 5.82 Å². The summed E-state index contributed by atoms with van der Waals surface area (Å²) in [5, 5.41) is 1.20. The van der Waals surface area contributed by atoms with Crippen LogP contribution in [0, 0.1) is 5.82 Å². The number of benzene rings is 2. The molecule has 0 radical (unpaired) electrons. The minimum absolute atomic E-state index is 0.0220. The first kappa shape index (κ1) is 14.2. The molecule has 0 spiro atoms. The molecule has 0 aromatic heterocycles. The number of aliphatic imine (C=N–C) groups is 1. The van der Waals surface area contributed by atoms with Crippen molar-refractivity contribution in [1.82, 2.24) is 0 Å².